The van der Waals surface area contributed by atoms with Crippen LogP contribution in [0.25, 0.3) is 0 Å². The largest absolute Gasteiger partial charge is 0.336 e. The fourth-order valence-corrected chi connectivity index (χ4v) is 3.00. The molecule has 1 aliphatic heterocycles. The zero-order chi connectivity index (χ0) is 13.1. The van der Waals surface area contributed by atoms with Crippen LogP contribution in [0, 0.1) is 6.92 Å². The lowest BCUT2D eigenvalue weighted by Crippen LogP contribution is -2.46. The van der Waals surface area contributed by atoms with Gasteiger partial charge < -0.3 is 10.2 Å². The Balaban J connectivity index is 1.98. The molecule has 0 saturated carbocycles. The Labute approximate surface area is 112 Å². The van der Waals surface area contributed by atoms with Crippen LogP contribution < -0.4 is 5.32 Å². The second kappa shape index (κ2) is 5.65. The van der Waals surface area contributed by atoms with Crippen LogP contribution in [0.1, 0.15) is 42.6 Å². The molecule has 18 heavy (non-hydrogen) atoms. The number of hydrogen-bond acceptors (Lipinski definition) is 4. The smallest absolute Gasteiger partial charge is 0.317 e. The van der Waals surface area contributed by atoms with E-state index >= 15 is 0 Å². The molecule has 2 rings (SSSR count). The van der Waals surface area contributed by atoms with Gasteiger partial charge in [0.15, 0.2) is 0 Å². The van der Waals surface area contributed by atoms with E-state index in [1.807, 2.05) is 25.7 Å². The number of rotatable bonds is 2. The summed E-state index contributed by atoms with van der Waals surface area (Å²) in [5.41, 5.74) is 0. The van der Waals surface area contributed by atoms with Gasteiger partial charge in [-0.05, 0) is 33.6 Å². The first kappa shape index (κ1) is 13.3. The highest BCUT2D eigenvalue weighted by atomic mass is 32.1. The Morgan fingerprint density at radius 1 is 1.50 bits per heavy atom. The number of amides is 2. The molecule has 0 aliphatic carbocycles. The van der Waals surface area contributed by atoms with Gasteiger partial charge in [-0.3, -0.25) is 0 Å². The maximum Gasteiger partial charge on any atom is 0.317 e. The summed E-state index contributed by atoms with van der Waals surface area (Å²) in [6.45, 7) is 7.52. The molecule has 1 aliphatic rings. The van der Waals surface area contributed by atoms with Crippen molar-refractivity contribution >= 4 is 17.4 Å². The van der Waals surface area contributed by atoms with Gasteiger partial charge in [0.2, 0.25) is 0 Å². The lowest BCUT2D eigenvalue weighted by molar-refractivity contribution is 0.177. The van der Waals surface area contributed by atoms with Crippen molar-refractivity contribution in [3.63, 3.8) is 0 Å². The molecule has 0 spiro atoms. The van der Waals surface area contributed by atoms with E-state index < -0.39 is 0 Å². The second-order valence-electron chi connectivity index (χ2n) is 5.05. The molecule has 2 heterocycles. The first-order valence-corrected chi connectivity index (χ1v) is 7.23. The average Bonchev–Trinajstić information content (AvgIpc) is 2.75. The molecule has 100 valence electrons. The number of nitrogens with zero attached hydrogens (tertiary/aromatic N) is 3. The molecular weight excluding hydrogens is 248 g/mol. The number of piperidine rings is 1. The molecule has 1 N–H and O–H groups in total. The second-order valence-corrected chi connectivity index (χ2v) is 6.26. The van der Waals surface area contributed by atoms with E-state index in [9.17, 15) is 4.79 Å². The highest BCUT2D eigenvalue weighted by Crippen LogP contribution is 2.28. The number of urea groups is 1. The van der Waals surface area contributed by atoms with Gasteiger partial charge in [-0.15, -0.1) is 21.5 Å². The highest BCUT2D eigenvalue weighted by molar-refractivity contribution is 7.11. The van der Waals surface area contributed by atoms with Crippen LogP contribution in [0.4, 0.5) is 4.79 Å². The van der Waals surface area contributed by atoms with Crippen molar-refractivity contribution in [3.8, 4) is 0 Å². The summed E-state index contributed by atoms with van der Waals surface area (Å²) in [5.74, 6) is 0.350. The van der Waals surface area contributed by atoms with Crippen molar-refractivity contribution in [1.29, 1.82) is 0 Å². The number of carbonyl (C=O) groups is 1. The van der Waals surface area contributed by atoms with Crippen LogP contribution in [-0.2, 0) is 0 Å². The van der Waals surface area contributed by atoms with Crippen molar-refractivity contribution in [2.45, 2.75) is 45.6 Å². The standard InChI is InChI=1S/C12H20N4OS/c1-8(2)13-12(17)16-6-4-5-10(7-16)11-15-14-9(3)18-11/h8,10H,4-7H2,1-3H3,(H,13,17). The normalized spacial score (nSPS) is 20.2. The molecule has 5 nitrogen and oxygen atoms in total. The monoisotopic (exact) mass is 268 g/mol. The molecule has 0 bridgehead atoms. The van der Waals surface area contributed by atoms with Crippen LogP contribution >= 0.6 is 11.3 Å². The first-order chi connectivity index (χ1) is 8.56. The minimum Gasteiger partial charge on any atom is -0.336 e. The molecule has 0 aromatic carbocycles. The Morgan fingerprint density at radius 2 is 2.28 bits per heavy atom. The predicted molar refractivity (Wildman–Crippen MR) is 71.9 cm³/mol. The van der Waals surface area contributed by atoms with Gasteiger partial charge >= 0.3 is 6.03 Å². The van der Waals surface area contributed by atoms with E-state index in [4.69, 9.17) is 0 Å². The van der Waals surface area contributed by atoms with E-state index in [2.05, 4.69) is 15.5 Å². The van der Waals surface area contributed by atoms with E-state index in [1.165, 1.54) is 0 Å². The minimum absolute atomic E-state index is 0.0379. The number of hydrogen-bond donors (Lipinski definition) is 1. The third-order valence-electron chi connectivity index (χ3n) is 3.01. The predicted octanol–water partition coefficient (Wildman–Crippen LogP) is 2.14. The molecule has 6 heteroatoms. The van der Waals surface area contributed by atoms with Gasteiger partial charge in [-0.1, -0.05) is 0 Å². The van der Waals surface area contributed by atoms with Gasteiger partial charge in [0.1, 0.15) is 10.0 Å². The number of carbonyl (C=O) groups excluding carboxylic acids is 1. The van der Waals surface area contributed by atoms with Gasteiger partial charge in [0.25, 0.3) is 0 Å². The number of aryl methyl sites for hydroxylation is 1. The highest BCUT2D eigenvalue weighted by Gasteiger charge is 2.27. The van der Waals surface area contributed by atoms with Crippen LogP contribution in [0.15, 0.2) is 0 Å². The summed E-state index contributed by atoms with van der Waals surface area (Å²) in [6.07, 6.45) is 2.13. The van der Waals surface area contributed by atoms with Crippen LogP contribution in [0.2, 0.25) is 0 Å². The third kappa shape index (κ3) is 3.19. The molecule has 1 aromatic heterocycles. The molecule has 1 unspecified atom stereocenters. The van der Waals surface area contributed by atoms with Crippen molar-refractivity contribution in [2.75, 3.05) is 13.1 Å². The zero-order valence-electron chi connectivity index (χ0n) is 11.1. The summed E-state index contributed by atoms with van der Waals surface area (Å²) >= 11 is 1.64. The Morgan fingerprint density at radius 3 is 2.89 bits per heavy atom. The Hall–Kier alpha value is -1.17. The summed E-state index contributed by atoms with van der Waals surface area (Å²) < 4.78 is 0. The van der Waals surface area contributed by atoms with Crippen molar-refractivity contribution in [1.82, 2.24) is 20.4 Å². The molecule has 1 aromatic rings. The fraction of sp³-hybridized carbons (Fsp3) is 0.750. The lowest BCUT2D eigenvalue weighted by atomic mass is 9.99. The quantitative estimate of drug-likeness (QED) is 0.894. The van der Waals surface area contributed by atoms with Gasteiger partial charge in [0.05, 0.1) is 0 Å². The van der Waals surface area contributed by atoms with Gasteiger partial charge in [-0.2, -0.15) is 0 Å². The number of likely N-dealkylation sites (tertiary alicyclic amines) is 1. The van der Waals surface area contributed by atoms with Gasteiger partial charge in [-0.25, -0.2) is 4.79 Å². The van der Waals surface area contributed by atoms with Crippen molar-refractivity contribution < 1.29 is 4.79 Å². The molecule has 2 amide bonds. The Kier molecular flexibility index (Phi) is 4.16. The van der Waals surface area contributed by atoms with E-state index in [0.29, 0.717) is 5.92 Å². The summed E-state index contributed by atoms with van der Waals surface area (Å²) in [6, 6.07) is 0.220. The Bertz CT molecular complexity index is 418. The summed E-state index contributed by atoms with van der Waals surface area (Å²) in [5, 5.41) is 13.3. The van der Waals surface area contributed by atoms with Crippen LogP contribution in [0.3, 0.4) is 0 Å². The number of nitrogens with one attached hydrogen (secondary N) is 1. The topological polar surface area (TPSA) is 58.1 Å². The zero-order valence-corrected chi connectivity index (χ0v) is 12.0. The first-order valence-electron chi connectivity index (χ1n) is 6.41. The molecule has 1 atom stereocenters. The van der Waals surface area contributed by atoms with Crippen molar-refractivity contribution in [3.05, 3.63) is 10.0 Å². The molecule has 0 radical (unpaired) electrons. The SMILES string of the molecule is Cc1nnc(C2CCCN(C(=O)NC(C)C)C2)s1. The molecule has 1 saturated heterocycles. The maximum atomic E-state index is 12.0. The summed E-state index contributed by atoms with van der Waals surface area (Å²) in [4.78, 5) is 13.9. The molecule has 1 fully saturated rings. The van der Waals surface area contributed by atoms with Crippen molar-refractivity contribution in [2.24, 2.45) is 0 Å². The minimum atomic E-state index is 0.0379. The third-order valence-corrected chi connectivity index (χ3v) is 4.01. The van der Waals surface area contributed by atoms with Crippen LogP contribution in [0.5, 0.6) is 0 Å². The van der Waals surface area contributed by atoms with Gasteiger partial charge in [0, 0.05) is 25.0 Å². The lowest BCUT2D eigenvalue weighted by Gasteiger charge is -2.32. The average molecular weight is 268 g/mol. The van der Waals surface area contributed by atoms with E-state index in [1.54, 1.807) is 11.3 Å². The van der Waals surface area contributed by atoms with Crippen LogP contribution in [-0.4, -0.2) is 40.3 Å². The van der Waals surface area contributed by atoms with E-state index in [0.717, 1.165) is 35.9 Å². The molecular formula is C12H20N4OS. The fourth-order valence-electron chi connectivity index (χ4n) is 2.18. The van der Waals surface area contributed by atoms with E-state index in [-0.39, 0.29) is 12.1 Å². The summed E-state index contributed by atoms with van der Waals surface area (Å²) in [7, 11) is 0. The number of aromatic nitrogens is 2. The maximum absolute atomic E-state index is 12.0.